The zero-order chi connectivity index (χ0) is 69.4. The second kappa shape index (κ2) is 34.2. The van der Waals surface area contributed by atoms with Gasteiger partial charge in [0.1, 0.15) is 25.3 Å². The highest BCUT2D eigenvalue weighted by molar-refractivity contribution is 7.82. The largest absolute Gasteiger partial charge is 0.449 e. The quantitative estimate of drug-likeness (QED) is 0.0305. The first kappa shape index (κ1) is 75.4. The van der Waals surface area contributed by atoms with Crippen molar-refractivity contribution in [1.29, 1.82) is 0 Å². The van der Waals surface area contributed by atoms with Gasteiger partial charge in [-0.15, -0.1) is 0 Å². The molecule has 0 aromatic heterocycles. The van der Waals surface area contributed by atoms with Crippen molar-refractivity contribution in [1.82, 2.24) is 30.7 Å². The summed E-state index contributed by atoms with van der Waals surface area (Å²) < 4.78 is 60.0. The Hall–Kier alpha value is -7.64. The van der Waals surface area contributed by atoms with Crippen LogP contribution in [0, 0.1) is 29.1 Å². The maximum atomic E-state index is 14.9. The number of anilines is 1. The van der Waals surface area contributed by atoms with Gasteiger partial charge < -0.3 is 59.3 Å². The van der Waals surface area contributed by atoms with E-state index in [0.29, 0.717) is 31.4 Å². The molecule has 4 aromatic carbocycles. The van der Waals surface area contributed by atoms with Gasteiger partial charge in [0, 0.05) is 53.7 Å². The summed E-state index contributed by atoms with van der Waals surface area (Å²) in [5.41, 5.74) is 4.48. The van der Waals surface area contributed by atoms with Gasteiger partial charge in [0.05, 0.1) is 61.1 Å². The predicted molar refractivity (Wildman–Crippen MR) is 356 cm³/mol. The second-order valence-electron chi connectivity index (χ2n) is 26.5. The first-order valence-electron chi connectivity index (χ1n) is 32.4. The average molecular weight is 1330 g/mol. The molecule has 6 rings (SSSR count). The lowest BCUT2D eigenvalue weighted by Crippen LogP contribution is -2.60. The molecule has 1 saturated heterocycles. The van der Waals surface area contributed by atoms with Crippen LogP contribution in [-0.2, 0) is 64.1 Å². The van der Waals surface area contributed by atoms with E-state index in [1.54, 1.807) is 86.4 Å². The van der Waals surface area contributed by atoms with Crippen LogP contribution in [0.4, 0.5) is 15.3 Å². The number of likely N-dealkylation sites (N-methyl/N-ethyl adjacent to an activating group) is 2. The fraction of sp³-hybridized carbons (Fsp3) is 0.557. The molecule has 1 fully saturated rings. The first-order valence-corrected chi connectivity index (χ1v) is 33.7. The number of carbonyl (C=O) groups is 7. The van der Waals surface area contributed by atoms with Gasteiger partial charge in [-0.3, -0.25) is 28.9 Å². The highest BCUT2D eigenvalue weighted by Crippen LogP contribution is 2.44. The Morgan fingerprint density at radius 1 is 0.766 bits per heavy atom. The molecule has 23 nitrogen and oxygen atoms in total. The lowest BCUT2D eigenvalue weighted by atomic mass is 9.89. The van der Waals surface area contributed by atoms with Crippen molar-refractivity contribution in [2.45, 2.75) is 169 Å². The third-order valence-corrected chi connectivity index (χ3v) is 18.3. The van der Waals surface area contributed by atoms with Gasteiger partial charge in [0.2, 0.25) is 29.5 Å². The van der Waals surface area contributed by atoms with Crippen molar-refractivity contribution in [2.24, 2.45) is 29.1 Å². The Labute approximate surface area is 555 Å². The van der Waals surface area contributed by atoms with Gasteiger partial charge in [0.15, 0.2) is 5.75 Å². The summed E-state index contributed by atoms with van der Waals surface area (Å²) in [6, 6.07) is 24.9. The highest BCUT2D eigenvalue weighted by Gasteiger charge is 2.44. The van der Waals surface area contributed by atoms with Crippen molar-refractivity contribution < 1.29 is 74.4 Å². The number of hydrogen-bond acceptors (Lipinski definition) is 16. The SMILES string of the molecule is CC[C@H](C)[C@@H]([C@@H](CC(=O)N1CCC[C@H]1[C@H](OC)[C@@H](C)C(=O)N[C@H](C)[C@@H](O)c1ccccc1)OC)N(C)C(=O)[C@@H](NC(=O)[C@H](C(C)C)N(C)C(=O)OCc1ccc(OS(=O)(=O)OCC(C)(C)C)c(NC(=O)CCNC(=O)OCC2c3ccccc3-c3ccccc32)c1)C(C)C. The number of likely N-dealkylation sites (tertiary alicyclic amines) is 1. The van der Waals surface area contributed by atoms with Crippen LogP contribution in [0.25, 0.3) is 11.1 Å². The van der Waals surface area contributed by atoms with Crippen LogP contribution in [0.15, 0.2) is 97.1 Å². The summed E-state index contributed by atoms with van der Waals surface area (Å²) in [5, 5.41) is 22.1. The maximum absolute atomic E-state index is 14.9. The number of hydrogen-bond donors (Lipinski definition) is 5. The molecule has 1 aliphatic carbocycles. The van der Waals surface area contributed by atoms with Crippen LogP contribution >= 0.6 is 0 Å². The summed E-state index contributed by atoms with van der Waals surface area (Å²) in [5.74, 6) is -4.64. The molecular weight excluding hydrogens is 1230 g/mol. The molecule has 4 aromatic rings. The van der Waals surface area contributed by atoms with E-state index < -0.39 is 119 Å². The molecule has 0 radical (unpaired) electrons. The fourth-order valence-electron chi connectivity index (χ4n) is 12.3. The van der Waals surface area contributed by atoms with Gasteiger partial charge >= 0.3 is 22.6 Å². The van der Waals surface area contributed by atoms with Crippen LogP contribution in [0.2, 0.25) is 0 Å². The van der Waals surface area contributed by atoms with Crippen molar-refractivity contribution in [3.63, 3.8) is 0 Å². The number of rotatable bonds is 32. The molecular formula is C70H99N7O16S. The Balaban J connectivity index is 1.09. The molecule has 10 atom stereocenters. The van der Waals surface area contributed by atoms with Gasteiger partial charge in [0.25, 0.3) is 0 Å². The van der Waals surface area contributed by atoms with Crippen molar-refractivity contribution in [2.75, 3.05) is 59.9 Å². The number of fused-ring (bicyclic) bond motifs is 3. The molecule has 94 heavy (non-hydrogen) atoms. The monoisotopic (exact) mass is 1330 g/mol. The van der Waals surface area contributed by atoms with E-state index in [2.05, 4.69) is 21.3 Å². The van der Waals surface area contributed by atoms with Crippen LogP contribution in [0.3, 0.4) is 0 Å². The Kier molecular flexibility index (Phi) is 27.4. The van der Waals surface area contributed by atoms with Crippen molar-refractivity contribution >= 4 is 57.8 Å². The van der Waals surface area contributed by atoms with E-state index in [4.69, 9.17) is 27.3 Å². The summed E-state index contributed by atoms with van der Waals surface area (Å²) in [7, 11) is 1.35. The molecule has 0 spiro atoms. The molecule has 24 heteroatoms. The van der Waals surface area contributed by atoms with Gasteiger partial charge in [-0.1, -0.05) is 161 Å². The van der Waals surface area contributed by atoms with Gasteiger partial charge in [-0.05, 0) is 88.4 Å². The number of methoxy groups -OCH3 is 2. The van der Waals surface area contributed by atoms with Crippen LogP contribution in [0.5, 0.6) is 5.75 Å². The standard InChI is InChI=1S/C70H99N7O16S/c1-16-44(6)62(57(88-14)38-59(79)77-36-24-31-55(77)64(89-15)45(7)65(81)72-46(8)63(80)48-25-18-17-19-26-48)75(12)67(83)60(42(2)3)74-66(82)61(43(4)5)76(13)69(85)91-39-47-32-33-56(93-94(86,87)92-41-70(9,10)11)54(37-47)73-58(78)34-35-71-68(84)90-40-53-51-29-22-20-27-49(51)50-28-21-23-30-52(50)53/h17-23,25-30,32-33,37,42-46,53,55,57,60-64,80H,16,24,31,34-36,38-41H2,1-15H3,(H,71,84)(H,72,81)(H,73,78)(H,74,82)/t44-,45+,46+,55-,57+,60-,61-,62-,63+,64+/m0/s1. The van der Waals surface area contributed by atoms with E-state index in [1.165, 1.54) is 44.4 Å². The number of aliphatic hydroxyl groups excluding tert-OH is 1. The van der Waals surface area contributed by atoms with E-state index in [0.717, 1.165) is 27.2 Å². The molecule has 2 aliphatic rings. The molecule has 516 valence electrons. The number of nitrogens with zero attached hydrogens (tertiary/aromatic N) is 3. The Morgan fingerprint density at radius 2 is 1.39 bits per heavy atom. The molecule has 1 aliphatic heterocycles. The minimum Gasteiger partial charge on any atom is -0.449 e. The first-order chi connectivity index (χ1) is 44.4. The zero-order valence-corrected chi connectivity index (χ0v) is 58.0. The zero-order valence-electron chi connectivity index (χ0n) is 57.1. The predicted octanol–water partition coefficient (Wildman–Crippen LogP) is 9.13. The molecule has 0 unspecified atom stereocenters. The molecule has 0 saturated carbocycles. The van der Waals surface area contributed by atoms with Crippen LogP contribution < -0.4 is 25.5 Å². The summed E-state index contributed by atoms with van der Waals surface area (Å²) in [4.78, 5) is 102. The third kappa shape index (κ3) is 20.0. The average Bonchev–Trinajstić information content (AvgIpc) is 1.60. The van der Waals surface area contributed by atoms with Gasteiger partial charge in [-0.2, -0.15) is 8.42 Å². The molecule has 0 bridgehead atoms. The van der Waals surface area contributed by atoms with E-state index in [9.17, 15) is 47.1 Å². The number of benzene rings is 4. The molecule has 7 amide bonds. The van der Waals surface area contributed by atoms with E-state index in [1.807, 2.05) is 80.6 Å². The number of nitrogens with one attached hydrogen (secondary N) is 4. The van der Waals surface area contributed by atoms with E-state index in [-0.39, 0.29) is 73.3 Å². The lowest BCUT2D eigenvalue weighted by Gasteiger charge is -2.41. The number of alkyl carbamates (subject to hydrolysis) is 1. The molecule has 5 N–H and O–H groups in total. The second-order valence-corrected chi connectivity index (χ2v) is 27.7. The van der Waals surface area contributed by atoms with Crippen LogP contribution in [0.1, 0.15) is 143 Å². The minimum absolute atomic E-state index is 0.0616. The van der Waals surface area contributed by atoms with Crippen molar-refractivity contribution in [3.05, 3.63) is 119 Å². The maximum Gasteiger partial charge on any atom is 0.449 e. The smallest absolute Gasteiger partial charge is 0.449 e. The lowest BCUT2D eigenvalue weighted by molar-refractivity contribution is -0.148. The number of aliphatic hydroxyl groups is 1. The number of amides is 7. The van der Waals surface area contributed by atoms with Crippen LogP contribution in [-0.4, -0.2) is 167 Å². The van der Waals surface area contributed by atoms with Gasteiger partial charge in [-0.25, -0.2) is 13.8 Å². The fourth-order valence-corrected chi connectivity index (χ4v) is 13.2. The summed E-state index contributed by atoms with van der Waals surface area (Å²) >= 11 is 0. The summed E-state index contributed by atoms with van der Waals surface area (Å²) in [6.07, 6.45) is -2.59. The number of carbonyl (C=O) groups excluding carboxylic acids is 7. The third-order valence-electron chi connectivity index (χ3n) is 17.6. The number of ether oxygens (including phenoxy) is 4. The minimum atomic E-state index is -4.66. The summed E-state index contributed by atoms with van der Waals surface area (Å²) in [6.45, 7) is 19.5. The highest BCUT2D eigenvalue weighted by atomic mass is 32.3. The van der Waals surface area contributed by atoms with E-state index >= 15 is 0 Å². The topological polar surface area (TPSA) is 287 Å². The normalized spacial score (nSPS) is 16.8. The molecule has 1 heterocycles. The van der Waals surface area contributed by atoms with Crippen molar-refractivity contribution in [3.8, 4) is 16.9 Å². The Morgan fingerprint density at radius 3 is 1.98 bits per heavy atom. The Bertz CT molecular complexity index is 3300.